The minimum atomic E-state index is 0.473. The van der Waals surface area contributed by atoms with E-state index in [1.165, 1.54) is 48.0 Å². The largest absolute Gasteiger partial charge is 0.309 e. The zero-order valence-electron chi connectivity index (χ0n) is 12.3. The SMILES string of the molecule is CC(C)CC1(CNC(C)c2cc(Br)cs2)CCCC1. The molecule has 0 bridgehead atoms. The molecule has 0 spiro atoms. The zero-order chi connectivity index (χ0) is 13.9. The van der Waals surface area contributed by atoms with E-state index in [1.807, 2.05) is 11.3 Å². The lowest BCUT2D eigenvalue weighted by molar-refractivity contribution is 0.217. The number of hydrogen-bond donors (Lipinski definition) is 1. The summed E-state index contributed by atoms with van der Waals surface area (Å²) in [7, 11) is 0. The summed E-state index contributed by atoms with van der Waals surface area (Å²) in [5.41, 5.74) is 0.566. The second-order valence-corrected chi connectivity index (χ2v) is 8.43. The lowest BCUT2D eigenvalue weighted by Gasteiger charge is -2.32. The van der Waals surface area contributed by atoms with Crippen LogP contribution < -0.4 is 5.32 Å². The minimum absolute atomic E-state index is 0.473. The second kappa shape index (κ2) is 6.73. The van der Waals surface area contributed by atoms with Gasteiger partial charge in [-0.2, -0.15) is 0 Å². The summed E-state index contributed by atoms with van der Waals surface area (Å²) in [5.74, 6) is 0.811. The highest BCUT2D eigenvalue weighted by Crippen LogP contribution is 2.43. The highest BCUT2D eigenvalue weighted by Gasteiger charge is 2.34. The molecule has 0 amide bonds. The van der Waals surface area contributed by atoms with Gasteiger partial charge in [-0.3, -0.25) is 0 Å². The Morgan fingerprint density at radius 3 is 2.53 bits per heavy atom. The van der Waals surface area contributed by atoms with Crippen molar-refractivity contribution in [2.45, 2.75) is 58.9 Å². The van der Waals surface area contributed by atoms with Crippen LogP contribution in [0, 0.1) is 11.3 Å². The topological polar surface area (TPSA) is 12.0 Å². The Morgan fingerprint density at radius 2 is 2.00 bits per heavy atom. The lowest BCUT2D eigenvalue weighted by Crippen LogP contribution is -2.34. The molecule has 1 nitrogen and oxygen atoms in total. The van der Waals surface area contributed by atoms with Gasteiger partial charge >= 0.3 is 0 Å². The highest BCUT2D eigenvalue weighted by molar-refractivity contribution is 9.10. The van der Waals surface area contributed by atoms with E-state index >= 15 is 0 Å². The molecule has 0 aliphatic heterocycles. The van der Waals surface area contributed by atoms with Crippen molar-refractivity contribution < 1.29 is 0 Å². The molecular weight excluding hydrogens is 318 g/mol. The number of halogens is 1. The highest BCUT2D eigenvalue weighted by atomic mass is 79.9. The molecule has 3 heteroatoms. The van der Waals surface area contributed by atoms with Crippen molar-refractivity contribution in [1.82, 2.24) is 5.32 Å². The maximum absolute atomic E-state index is 3.79. The van der Waals surface area contributed by atoms with Gasteiger partial charge in [0.15, 0.2) is 0 Å². The molecule has 1 unspecified atom stereocenters. The molecule has 1 aliphatic carbocycles. The molecule has 0 radical (unpaired) electrons. The van der Waals surface area contributed by atoms with Crippen molar-refractivity contribution in [3.8, 4) is 0 Å². The quantitative estimate of drug-likeness (QED) is 0.691. The number of hydrogen-bond acceptors (Lipinski definition) is 2. The third kappa shape index (κ3) is 4.30. The van der Waals surface area contributed by atoms with Crippen molar-refractivity contribution in [3.63, 3.8) is 0 Å². The van der Waals surface area contributed by atoms with Crippen LogP contribution in [-0.4, -0.2) is 6.54 Å². The second-order valence-electron chi connectivity index (χ2n) is 6.57. The van der Waals surface area contributed by atoms with Crippen molar-refractivity contribution in [3.05, 3.63) is 20.8 Å². The van der Waals surface area contributed by atoms with Crippen LogP contribution in [0.3, 0.4) is 0 Å². The Morgan fingerprint density at radius 1 is 1.32 bits per heavy atom. The van der Waals surface area contributed by atoms with E-state index in [0.29, 0.717) is 11.5 Å². The molecule has 1 aliphatic rings. The summed E-state index contributed by atoms with van der Waals surface area (Å²) >= 11 is 5.39. The molecule has 1 aromatic heterocycles. The fourth-order valence-electron chi connectivity index (χ4n) is 3.47. The van der Waals surface area contributed by atoms with E-state index in [1.54, 1.807) is 0 Å². The maximum atomic E-state index is 3.79. The van der Waals surface area contributed by atoms with E-state index in [2.05, 4.69) is 53.5 Å². The van der Waals surface area contributed by atoms with Crippen molar-refractivity contribution >= 4 is 27.3 Å². The van der Waals surface area contributed by atoms with Gasteiger partial charge in [0, 0.05) is 27.3 Å². The van der Waals surface area contributed by atoms with E-state index in [0.717, 1.165) is 5.92 Å². The molecule has 0 aromatic carbocycles. The molecule has 1 heterocycles. The van der Waals surface area contributed by atoms with Crippen LogP contribution >= 0.6 is 27.3 Å². The Kier molecular flexibility index (Phi) is 5.50. The minimum Gasteiger partial charge on any atom is -0.309 e. The summed E-state index contributed by atoms with van der Waals surface area (Å²) in [6, 6.07) is 2.72. The Bertz CT molecular complexity index is 393. The first-order valence-electron chi connectivity index (χ1n) is 7.48. The summed E-state index contributed by atoms with van der Waals surface area (Å²) in [4.78, 5) is 1.43. The van der Waals surface area contributed by atoms with Crippen LogP contribution in [-0.2, 0) is 0 Å². The number of nitrogens with one attached hydrogen (secondary N) is 1. The van der Waals surface area contributed by atoms with E-state index in [4.69, 9.17) is 0 Å². The smallest absolute Gasteiger partial charge is 0.0386 e. The summed E-state index contributed by atoms with van der Waals surface area (Å²) in [5, 5.41) is 5.96. The van der Waals surface area contributed by atoms with E-state index < -0.39 is 0 Å². The maximum Gasteiger partial charge on any atom is 0.0386 e. The van der Waals surface area contributed by atoms with Crippen molar-refractivity contribution in [2.24, 2.45) is 11.3 Å². The molecule has 1 N–H and O–H groups in total. The van der Waals surface area contributed by atoms with Gasteiger partial charge in [0.2, 0.25) is 0 Å². The predicted octanol–water partition coefficient (Wildman–Crippen LogP) is 5.77. The number of thiophene rings is 1. The van der Waals surface area contributed by atoms with E-state index in [9.17, 15) is 0 Å². The predicted molar refractivity (Wildman–Crippen MR) is 88.8 cm³/mol. The Hall–Kier alpha value is 0.140. The third-order valence-corrected chi connectivity index (χ3v) is 6.18. The first kappa shape index (κ1) is 15.5. The molecule has 1 saturated carbocycles. The summed E-state index contributed by atoms with van der Waals surface area (Å²) in [6.07, 6.45) is 7.06. The summed E-state index contributed by atoms with van der Waals surface area (Å²) < 4.78 is 1.21. The van der Waals surface area contributed by atoms with Crippen LogP contribution in [0.25, 0.3) is 0 Å². The van der Waals surface area contributed by atoms with Crippen molar-refractivity contribution in [2.75, 3.05) is 6.54 Å². The normalized spacial score (nSPS) is 20.1. The Balaban J connectivity index is 1.91. The van der Waals surface area contributed by atoms with Gasteiger partial charge in [-0.25, -0.2) is 0 Å². The first-order valence-corrected chi connectivity index (χ1v) is 9.15. The Labute approximate surface area is 130 Å². The molecular formula is C16H26BrNS. The van der Waals surface area contributed by atoms with Crippen LogP contribution in [0.1, 0.15) is 63.8 Å². The van der Waals surface area contributed by atoms with Gasteiger partial charge in [-0.1, -0.05) is 26.7 Å². The molecule has 1 aromatic rings. The molecule has 1 fully saturated rings. The lowest BCUT2D eigenvalue weighted by atomic mass is 9.78. The third-order valence-electron chi connectivity index (χ3n) is 4.30. The average molecular weight is 344 g/mol. The van der Waals surface area contributed by atoms with E-state index in [-0.39, 0.29) is 0 Å². The first-order chi connectivity index (χ1) is 9.01. The average Bonchev–Trinajstić information content (AvgIpc) is 2.95. The fourth-order valence-corrected chi connectivity index (χ4v) is 4.95. The molecule has 108 valence electrons. The van der Waals surface area contributed by atoms with Crippen LogP contribution in [0.4, 0.5) is 0 Å². The van der Waals surface area contributed by atoms with Crippen LogP contribution in [0.5, 0.6) is 0 Å². The fraction of sp³-hybridized carbons (Fsp3) is 0.750. The van der Waals surface area contributed by atoms with Gasteiger partial charge < -0.3 is 5.32 Å². The zero-order valence-corrected chi connectivity index (χ0v) is 14.7. The van der Waals surface area contributed by atoms with Gasteiger partial charge in [0.05, 0.1) is 0 Å². The van der Waals surface area contributed by atoms with Gasteiger partial charge in [0.1, 0.15) is 0 Å². The monoisotopic (exact) mass is 343 g/mol. The summed E-state index contributed by atoms with van der Waals surface area (Å²) in [6.45, 7) is 8.19. The standard InChI is InChI=1S/C16H26BrNS/c1-12(2)9-16(6-4-5-7-16)11-18-13(3)15-8-14(17)10-19-15/h8,10,12-13,18H,4-7,9,11H2,1-3H3. The molecule has 1 atom stereocenters. The molecule has 0 saturated heterocycles. The van der Waals surface area contributed by atoms with Crippen molar-refractivity contribution in [1.29, 1.82) is 0 Å². The van der Waals surface area contributed by atoms with Crippen LogP contribution in [0.2, 0.25) is 0 Å². The van der Waals surface area contributed by atoms with Gasteiger partial charge in [-0.15, -0.1) is 11.3 Å². The van der Waals surface area contributed by atoms with Gasteiger partial charge in [0.25, 0.3) is 0 Å². The molecule has 19 heavy (non-hydrogen) atoms. The molecule has 2 rings (SSSR count). The van der Waals surface area contributed by atoms with Gasteiger partial charge in [-0.05, 0) is 59.5 Å². The van der Waals surface area contributed by atoms with Crippen LogP contribution in [0.15, 0.2) is 15.9 Å². The number of rotatable bonds is 6.